The second kappa shape index (κ2) is 7.61. The van der Waals surface area contributed by atoms with Crippen LogP contribution in [0.25, 0.3) is 0 Å². The van der Waals surface area contributed by atoms with Gasteiger partial charge in [0.2, 0.25) is 5.91 Å². The molecule has 0 bridgehead atoms. The Morgan fingerprint density at radius 2 is 2.40 bits per heavy atom. The molecule has 1 saturated heterocycles. The molecule has 2 heterocycles. The van der Waals surface area contributed by atoms with Gasteiger partial charge in [-0.15, -0.1) is 12.4 Å². The van der Waals surface area contributed by atoms with Crippen LogP contribution in [0.15, 0.2) is 12.4 Å². The van der Waals surface area contributed by atoms with Crippen molar-refractivity contribution in [2.75, 3.05) is 19.7 Å². The summed E-state index contributed by atoms with van der Waals surface area (Å²) in [5, 5.41) is 4.13. The third kappa shape index (κ3) is 3.94. The smallest absolute Gasteiger partial charge is 0.239 e. The molecule has 1 aromatic heterocycles. The molecular formula is C13H23ClN4O2. The lowest BCUT2D eigenvalue weighted by molar-refractivity contribution is -0.140. The third-order valence-electron chi connectivity index (χ3n) is 3.39. The van der Waals surface area contributed by atoms with Gasteiger partial charge in [0.05, 0.1) is 25.4 Å². The van der Waals surface area contributed by atoms with Crippen LogP contribution in [0.1, 0.15) is 31.4 Å². The number of rotatable bonds is 4. The molecule has 2 rings (SSSR count). The van der Waals surface area contributed by atoms with E-state index in [-0.39, 0.29) is 24.4 Å². The van der Waals surface area contributed by atoms with E-state index in [0.717, 1.165) is 18.4 Å². The van der Waals surface area contributed by atoms with Crippen molar-refractivity contribution in [1.29, 1.82) is 0 Å². The first-order chi connectivity index (χ1) is 9.11. The number of morpholine rings is 1. The predicted molar refractivity (Wildman–Crippen MR) is 78.6 cm³/mol. The van der Waals surface area contributed by atoms with Crippen LogP contribution in [-0.4, -0.2) is 46.3 Å². The van der Waals surface area contributed by atoms with E-state index in [1.54, 1.807) is 10.9 Å². The van der Waals surface area contributed by atoms with Crippen molar-refractivity contribution in [2.45, 2.75) is 31.9 Å². The summed E-state index contributed by atoms with van der Waals surface area (Å²) in [4.78, 5) is 14.0. The number of hydrogen-bond acceptors (Lipinski definition) is 4. The topological polar surface area (TPSA) is 73.4 Å². The van der Waals surface area contributed by atoms with Gasteiger partial charge in [-0.1, -0.05) is 13.3 Å². The predicted octanol–water partition coefficient (Wildman–Crippen LogP) is 0.869. The van der Waals surface area contributed by atoms with E-state index < -0.39 is 6.04 Å². The molecule has 2 atom stereocenters. The number of nitrogens with two attached hydrogens (primary N) is 1. The molecule has 2 unspecified atom stereocenters. The molecule has 0 saturated carbocycles. The van der Waals surface area contributed by atoms with E-state index in [0.29, 0.717) is 19.7 Å². The highest BCUT2D eigenvalue weighted by atomic mass is 35.5. The van der Waals surface area contributed by atoms with Crippen LogP contribution in [0.2, 0.25) is 0 Å². The van der Waals surface area contributed by atoms with E-state index in [9.17, 15) is 4.79 Å². The molecule has 1 fully saturated rings. The summed E-state index contributed by atoms with van der Waals surface area (Å²) in [7, 11) is 1.87. The molecule has 6 nitrogen and oxygen atoms in total. The zero-order chi connectivity index (χ0) is 13.8. The van der Waals surface area contributed by atoms with Gasteiger partial charge in [0, 0.05) is 25.4 Å². The molecule has 1 aliphatic rings. The maximum atomic E-state index is 12.2. The molecule has 20 heavy (non-hydrogen) atoms. The summed E-state index contributed by atoms with van der Waals surface area (Å²) in [5.41, 5.74) is 6.90. The van der Waals surface area contributed by atoms with E-state index in [4.69, 9.17) is 10.5 Å². The van der Waals surface area contributed by atoms with Crippen molar-refractivity contribution < 1.29 is 9.53 Å². The lowest BCUT2D eigenvalue weighted by Crippen LogP contribution is -2.49. The molecule has 0 spiro atoms. The number of carbonyl (C=O) groups excluding carboxylic acids is 1. The number of aryl methyl sites for hydroxylation is 1. The Bertz CT molecular complexity index is 438. The van der Waals surface area contributed by atoms with Crippen molar-refractivity contribution in [2.24, 2.45) is 12.8 Å². The van der Waals surface area contributed by atoms with Gasteiger partial charge in [0.15, 0.2) is 0 Å². The van der Waals surface area contributed by atoms with Crippen LogP contribution in [0.4, 0.5) is 0 Å². The molecule has 1 aromatic rings. The van der Waals surface area contributed by atoms with Crippen LogP contribution < -0.4 is 5.73 Å². The molecule has 7 heteroatoms. The highest BCUT2D eigenvalue weighted by Crippen LogP contribution is 2.22. The van der Waals surface area contributed by atoms with Crippen molar-refractivity contribution in [3.05, 3.63) is 18.0 Å². The Hall–Kier alpha value is -1.11. The molecule has 2 N–H and O–H groups in total. The maximum Gasteiger partial charge on any atom is 0.239 e. The summed E-state index contributed by atoms with van der Waals surface area (Å²) in [5.74, 6) is 0.0269. The van der Waals surface area contributed by atoms with Gasteiger partial charge in [0.25, 0.3) is 0 Å². The molecule has 0 radical (unpaired) electrons. The van der Waals surface area contributed by atoms with Crippen LogP contribution >= 0.6 is 12.4 Å². The number of nitrogens with zero attached hydrogens (tertiary/aromatic N) is 3. The van der Waals surface area contributed by atoms with Gasteiger partial charge in [-0.25, -0.2) is 0 Å². The normalized spacial score (nSPS) is 20.4. The highest BCUT2D eigenvalue weighted by molar-refractivity contribution is 5.85. The summed E-state index contributed by atoms with van der Waals surface area (Å²) < 4.78 is 7.45. The molecule has 1 amide bonds. The zero-order valence-corrected chi connectivity index (χ0v) is 12.8. The monoisotopic (exact) mass is 302 g/mol. The Balaban J connectivity index is 0.00000200. The second-order valence-corrected chi connectivity index (χ2v) is 4.99. The average Bonchev–Trinajstić information content (AvgIpc) is 2.85. The van der Waals surface area contributed by atoms with Gasteiger partial charge in [0.1, 0.15) is 6.10 Å². The number of carbonyl (C=O) groups is 1. The standard InChI is InChI=1S/C13H22N4O2.ClH/c1-3-4-11(14)13(18)17-5-6-19-12(9-17)10-7-15-16(2)8-10;/h7-8,11-12H,3-6,9,14H2,1-2H3;1H. The van der Waals surface area contributed by atoms with Gasteiger partial charge < -0.3 is 15.4 Å². The highest BCUT2D eigenvalue weighted by Gasteiger charge is 2.28. The fourth-order valence-electron chi connectivity index (χ4n) is 2.33. The first kappa shape index (κ1) is 16.9. The lowest BCUT2D eigenvalue weighted by atomic mass is 10.1. The quantitative estimate of drug-likeness (QED) is 0.895. The van der Waals surface area contributed by atoms with Crippen LogP contribution in [0, 0.1) is 0 Å². The van der Waals surface area contributed by atoms with Gasteiger partial charge in [-0.05, 0) is 6.42 Å². The fourth-order valence-corrected chi connectivity index (χ4v) is 2.33. The van der Waals surface area contributed by atoms with Crippen LogP contribution in [0.3, 0.4) is 0 Å². The molecule has 1 aliphatic heterocycles. The van der Waals surface area contributed by atoms with Crippen LogP contribution in [-0.2, 0) is 16.6 Å². The Kier molecular flexibility index (Phi) is 6.45. The Labute approximate surface area is 125 Å². The second-order valence-electron chi connectivity index (χ2n) is 4.99. The summed E-state index contributed by atoms with van der Waals surface area (Å²) in [6, 6.07) is -0.391. The van der Waals surface area contributed by atoms with E-state index in [2.05, 4.69) is 5.10 Å². The number of amides is 1. The van der Waals surface area contributed by atoms with E-state index in [1.165, 1.54) is 0 Å². The van der Waals surface area contributed by atoms with E-state index >= 15 is 0 Å². The SMILES string of the molecule is CCCC(N)C(=O)N1CCOC(c2cnn(C)c2)C1.Cl. The summed E-state index contributed by atoms with van der Waals surface area (Å²) >= 11 is 0. The minimum absolute atomic E-state index is 0. The molecule has 0 aromatic carbocycles. The van der Waals surface area contributed by atoms with Crippen molar-refractivity contribution in [1.82, 2.24) is 14.7 Å². The number of ether oxygens (including phenoxy) is 1. The first-order valence-corrected chi connectivity index (χ1v) is 6.76. The lowest BCUT2D eigenvalue weighted by Gasteiger charge is -2.34. The van der Waals surface area contributed by atoms with Crippen LogP contribution in [0.5, 0.6) is 0 Å². The third-order valence-corrected chi connectivity index (χ3v) is 3.39. The van der Waals surface area contributed by atoms with Crippen molar-refractivity contribution in [3.63, 3.8) is 0 Å². The minimum Gasteiger partial charge on any atom is -0.370 e. The summed E-state index contributed by atoms with van der Waals surface area (Å²) in [6.45, 7) is 3.75. The Morgan fingerprint density at radius 1 is 1.65 bits per heavy atom. The van der Waals surface area contributed by atoms with Crippen molar-refractivity contribution >= 4 is 18.3 Å². The van der Waals surface area contributed by atoms with Gasteiger partial charge in [-0.3, -0.25) is 9.48 Å². The molecule has 114 valence electrons. The van der Waals surface area contributed by atoms with Gasteiger partial charge >= 0.3 is 0 Å². The van der Waals surface area contributed by atoms with E-state index in [1.807, 2.05) is 25.1 Å². The van der Waals surface area contributed by atoms with Gasteiger partial charge in [-0.2, -0.15) is 5.10 Å². The summed E-state index contributed by atoms with van der Waals surface area (Å²) in [6.07, 6.45) is 5.26. The number of hydrogen-bond donors (Lipinski definition) is 1. The first-order valence-electron chi connectivity index (χ1n) is 6.76. The Morgan fingerprint density at radius 3 is 3.00 bits per heavy atom. The zero-order valence-electron chi connectivity index (χ0n) is 12.0. The minimum atomic E-state index is -0.391. The maximum absolute atomic E-state index is 12.2. The molecule has 0 aliphatic carbocycles. The fraction of sp³-hybridized carbons (Fsp3) is 0.692. The number of aromatic nitrogens is 2. The number of halogens is 1. The molecular weight excluding hydrogens is 280 g/mol. The average molecular weight is 303 g/mol. The largest absolute Gasteiger partial charge is 0.370 e. The van der Waals surface area contributed by atoms with Crippen molar-refractivity contribution in [3.8, 4) is 0 Å².